The van der Waals surface area contributed by atoms with Gasteiger partial charge in [-0.25, -0.2) is 4.79 Å². The molecule has 4 heteroatoms. The molecule has 25 heavy (non-hydrogen) atoms. The van der Waals surface area contributed by atoms with Crippen molar-refractivity contribution in [1.29, 1.82) is 0 Å². The van der Waals surface area contributed by atoms with Gasteiger partial charge in [-0.2, -0.15) is 0 Å². The lowest BCUT2D eigenvalue weighted by Gasteiger charge is -2.59. The van der Waals surface area contributed by atoms with Crippen LogP contribution in [0.1, 0.15) is 51.0 Å². The number of carbonyl (C=O) groups excluding carboxylic acids is 1. The Bertz CT molecular complexity index is 649. The molecule has 1 aromatic carbocycles. The molecule has 4 aliphatic carbocycles. The van der Waals surface area contributed by atoms with Crippen molar-refractivity contribution in [2.24, 2.45) is 23.2 Å². The molecular formula is C21H27BrN2O. The summed E-state index contributed by atoms with van der Waals surface area (Å²) in [6.07, 6.45) is 11.9. The van der Waals surface area contributed by atoms with E-state index in [1.165, 1.54) is 38.5 Å². The standard InChI is InChI=1S/C21H27BrN2O/c1-14(21-11-15-8-16(12-21)10-17(9-15)13-21)24-20(25)23-7-6-18-4-2-3-5-19(18)22/h2-7,14-17H,8-13H2,1H3,(H2,23,24,25)/b7-6+. The predicted octanol–water partition coefficient (Wildman–Crippen LogP) is 5.32. The number of rotatable bonds is 4. The molecule has 4 saturated carbocycles. The second-order valence-electron chi connectivity index (χ2n) is 8.47. The van der Waals surface area contributed by atoms with Crippen LogP contribution in [0.25, 0.3) is 6.08 Å². The summed E-state index contributed by atoms with van der Waals surface area (Å²) < 4.78 is 1.02. The van der Waals surface area contributed by atoms with E-state index >= 15 is 0 Å². The third-order valence-electron chi connectivity index (χ3n) is 6.73. The van der Waals surface area contributed by atoms with E-state index in [2.05, 4.69) is 33.5 Å². The first-order valence-electron chi connectivity index (χ1n) is 9.52. The Balaban J connectivity index is 1.34. The number of nitrogens with one attached hydrogen (secondary N) is 2. The summed E-state index contributed by atoms with van der Waals surface area (Å²) in [7, 11) is 0. The molecule has 1 atom stereocenters. The van der Waals surface area contributed by atoms with Crippen molar-refractivity contribution in [2.75, 3.05) is 0 Å². The summed E-state index contributed by atoms with van der Waals surface area (Å²) >= 11 is 3.51. The van der Waals surface area contributed by atoms with Gasteiger partial charge in [-0.1, -0.05) is 34.1 Å². The molecule has 0 radical (unpaired) electrons. The second kappa shape index (κ2) is 6.79. The Morgan fingerprint density at radius 3 is 2.36 bits per heavy atom. The van der Waals surface area contributed by atoms with E-state index in [0.717, 1.165) is 27.8 Å². The molecule has 0 aliphatic heterocycles. The average Bonchev–Trinajstić information content (AvgIpc) is 2.55. The molecule has 5 rings (SSSR count). The molecule has 0 spiro atoms. The van der Waals surface area contributed by atoms with Crippen LogP contribution in [0.2, 0.25) is 0 Å². The van der Waals surface area contributed by atoms with Gasteiger partial charge in [0.25, 0.3) is 0 Å². The minimum atomic E-state index is -0.0912. The van der Waals surface area contributed by atoms with Gasteiger partial charge in [0.05, 0.1) is 0 Å². The molecular weight excluding hydrogens is 376 g/mol. The highest BCUT2D eigenvalue weighted by atomic mass is 79.9. The minimum Gasteiger partial charge on any atom is -0.335 e. The molecule has 4 fully saturated rings. The average molecular weight is 403 g/mol. The van der Waals surface area contributed by atoms with Crippen LogP contribution in [0.4, 0.5) is 4.79 Å². The number of amides is 2. The maximum absolute atomic E-state index is 12.3. The van der Waals surface area contributed by atoms with Gasteiger partial charge in [-0.3, -0.25) is 0 Å². The van der Waals surface area contributed by atoms with Crippen molar-refractivity contribution in [1.82, 2.24) is 10.6 Å². The molecule has 1 unspecified atom stereocenters. The third-order valence-corrected chi connectivity index (χ3v) is 7.46. The van der Waals surface area contributed by atoms with Gasteiger partial charge >= 0.3 is 6.03 Å². The first-order valence-corrected chi connectivity index (χ1v) is 10.3. The van der Waals surface area contributed by atoms with Crippen molar-refractivity contribution >= 4 is 28.0 Å². The van der Waals surface area contributed by atoms with Crippen LogP contribution in [0.15, 0.2) is 34.9 Å². The van der Waals surface area contributed by atoms with E-state index in [0.29, 0.717) is 5.41 Å². The molecule has 1 aromatic rings. The fourth-order valence-corrected chi connectivity index (χ4v) is 6.33. The minimum absolute atomic E-state index is 0.0912. The van der Waals surface area contributed by atoms with Crippen LogP contribution in [0.3, 0.4) is 0 Å². The Hall–Kier alpha value is -1.29. The van der Waals surface area contributed by atoms with Crippen molar-refractivity contribution in [3.05, 3.63) is 40.5 Å². The number of hydrogen-bond acceptors (Lipinski definition) is 1. The largest absolute Gasteiger partial charge is 0.335 e. The molecule has 2 N–H and O–H groups in total. The Kier molecular flexibility index (Phi) is 4.65. The second-order valence-corrected chi connectivity index (χ2v) is 9.33. The molecule has 4 aliphatic rings. The number of urea groups is 1. The van der Waals surface area contributed by atoms with Gasteiger partial charge < -0.3 is 10.6 Å². The molecule has 0 aromatic heterocycles. The van der Waals surface area contributed by atoms with Gasteiger partial charge in [-0.15, -0.1) is 0 Å². The topological polar surface area (TPSA) is 41.1 Å². The van der Waals surface area contributed by atoms with Gasteiger partial charge in [0, 0.05) is 16.7 Å². The van der Waals surface area contributed by atoms with Gasteiger partial charge in [0.1, 0.15) is 0 Å². The van der Waals surface area contributed by atoms with E-state index in [4.69, 9.17) is 0 Å². The van der Waals surface area contributed by atoms with Crippen molar-refractivity contribution in [2.45, 2.75) is 51.5 Å². The predicted molar refractivity (Wildman–Crippen MR) is 105 cm³/mol. The first-order chi connectivity index (χ1) is 12.0. The van der Waals surface area contributed by atoms with Gasteiger partial charge in [-0.05, 0) is 86.3 Å². The smallest absolute Gasteiger partial charge is 0.318 e. The van der Waals surface area contributed by atoms with E-state index in [1.54, 1.807) is 6.20 Å². The van der Waals surface area contributed by atoms with Crippen LogP contribution in [-0.2, 0) is 0 Å². The van der Waals surface area contributed by atoms with Crippen molar-refractivity contribution in [3.8, 4) is 0 Å². The lowest BCUT2D eigenvalue weighted by molar-refractivity contribution is -0.0681. The third kappa shape index (κ3) is 3.51. The van der Waals surface area contributed by atoms with E-state index in [1.807, 2.05) is 30.3 Å². The summed E-state index contributed by atoms with van der Waals surface area (Å²) in [5, 5.41) is 6.09. The lowest BCUT2D eigenvalue weighted by atomic mass is 9.48. The molecule has 0 heterocycles. The number of carbonyl (C=O) groups is 1. The highest BCUT2D eigenvalue weighted by molar-refractivity contribution is 9.10. The van der Waals surface area contributed by atoms with E-state index < -0.39 is 0 Å². The molecule has 3 nitrogen and oxygen atoms in total. The van der Waals surface area contributed by atoms with Crippen molar-refractivity contribution < 1.29 is 4.79 Å². The van der Waals surface area contributed by atoms with Crippen LogP contribution in [0, 0.1) is 23.2 Å². The molecule has 2 amide bonds. The summed E-state index contributed by atoms with van der Waals surface area (Å²) in [6, 6.07) is 8.13. The molecule has 134 valence electrons. The van der Waals surface area contributed by atoms with Crippen molar-refractivity contribution in [3.63, 3.8) is 0 Å². The fraction of sp³-hybridized carbons (Fsp3) is 0.571. The summed E-state index contributed by atoms with van der Waals surface area (Å²) in [4.78, 5) is 12.3. The summed E-state index contributed by atoms with van der Waals surface area (Å²) in [5.74, 6) is 2.73. The normalized spacial score (nSPS) is 34.2. The number of benzene rings is 1. The zero-order valence-corrected chi connectivity index (χ0v) is 16.4. The number of halogens is 1. The van der Waals surface area contributed by atoms with Crippen LogP contribution >= 0.6 is 15.9 Å². The quantitative estimate of drug-likeness (QED) is 0.702. The maximum Gasteiger partial charge on any atom is 0.318 e. The monoisotopic (exact) mass is 402 g/mol. The van der Waals surface area contributed by atoms with E-state index in [9.17, 15) is 4.79 Å². The highest BCUT2D eigenvalue weighted by Gasteiger charge is 2.53. The van der Waals surface area contributed by atoms with Crippen LogP contribution < -0.4 is 10.6 Å². The Morgan fingerprint density at radius 1 is 1.16 bits per heavy atom. The first kappa shape index (κ1) is 17.1. The SMILES string of the molecule is CC(NC(=O)N/C=C/c1ccccc1Br)C12CC3CC(CC(C3)C1)C2. The highest BCUT2D eigenvalue weighted by Crippen LogP contribution is 2.61. The zero-order valence-electron chi connectivity index (χ0n) is 14.8. The summed E-state index contributed by atoms with van der Waals surface area (Å²) in [5.41, 5.74) is 1.40. The van der Waals surface area contributed by atoms with E-state index in [-0.39, 0.29) is 12.1 Å². The summed E-state index contributed by atoms with van der Waals surface area (Å²) in [6.45, 7) is 2.21. The fourth-order valence-electron chi connectivity index (χ4n) is 5.92. The zero-order chi connectivity index (χ0) is 17.4. The van der Waals surface area contributed by atoms with Crippen LogP contribution in [0.5, 0.6) is 0 Å². The maximum atomic E-state index is 12.3. The Morgan fingerprint density at radius 2 is 1.76 bits per heavy atom. The number of hydrogen-bond donors (Lipinski definition) is 2. The lowest BCUT2D eigenvalue weighted by Crippen LogP contribution is -2.56. The molecule has 4 bridgehead atoms. The molecule has 0 saturated heterocycles. The van der Waals surface area contributed by atoms with Crippen LogP contribution in [-0.4, -0.2) is 12.1 Å². The van der Waals surface area contributed by atoms with Gasteiger partial charge in [0.2, 0.25) is 0 Å². The van der Waals surface area contributed by atoms with Gasteiger partial charge in [0.15, 0.2) is 0 Å². The Labute approximate surface area is 158 Å².